The molecule has 0 aliphatic carbocycles. The summed E-state index contributed by atoms with van der Waals surface area (Å²) in [6, 6.07) is 26.3. The molecule has 0 fully saturated rings. The number of hydrogen-bond donors (Lipinski definition) is 0. The van der Waals surface area contributed by atoms with E-state index in [9.17, 15) is 9.59 Å². The Morgan fingerprint density at radius 3 is 2.15 bits per heavy atom. The third-order valence-electron chi connectivity index (χ3n) is 6.71. The number of furan rings is 1. The van der Waals surface area contributed by atoms with Gasteiger partial charge in [-0.15, -0.1) is 0 Å². The van der Waals surface area contributed by atoms with Crippen molar-refractivity contribution in [1.29, 1.82) is 0 Å². The number of carbonyl (C=O) groups is 1. The first-order chi connectivity index (χ1) is 20.0. The van der Waals surface area contributed by atoms with Gasteiger partial charge < -0.3 is 27.8 Å². The van der Waals surface area contributed by atoms with Crippen LogP contribution in [0.4, 0.5) is 0 Å². The van der Waals surface area contributed by atoms with Gasteiger partial charge in [-0.25, -0.2) is 9.59 Å². The number of hydrogen-bond acceptors (Lipinski definition) is 8. The quantitative estimate of drug-likeness (QED) is 0.118. The topological polar surface area (TPSA) is 97.3 Å². The Hall–Kier alpha value is -5.50. The smallest absolute Gasteiger partial charge is 0.343 e. The molecule has 6 aromatic rings. The summed E-state index contributed by atoms with van der Waals surface area (Å²) in [5.74, 6) is 1.54. The van der Waals surface area contributed by atoms with Crippen LogP contribution in [0.15, 0.2) is 105 Å². The van der Waals surface area contributed by atoms with Gasteiger partial charge in [0.15, 0.2) is 11.3 Å². The summed E-state index contributed by atoms with van der Waals surface area (Å²) in [6.07, 6.45) is 0. The Bertz CT molecular complexity index is 1950. The molecule has 0 radical (unpaired) electrons. The average molecular weight is 549 g/mol. The number of fused-ring (bicyclic) bond motifs is 2. The molecule has 0 aliphatic heterocycles. The number of ether oxygens (including phenoxy) is 4. The predicted molar refractivity (Wildman–Crippen MR) is 154 cm³/mol. The fourth-order valence-corrected chi connectivity index (χ4v) is 4.73. The molecule has 0 saturated heterocycles. The fourth-order valence-electron chi connectivity index (χ4n) is 4.73. The van der Waals surface area contributed by atoms with Crippen LogP contribution in [0.1, 0.15) is 10.4 Å². The van der Waals surface area contributed by atoms with Crippen molar-refractivity contribution in [2.24, 2.45) is 0 Å². The number of methoxy groups -OCH3 is 3. The largest absolute Gasteiger partial charge is 0.497 e. The van der Waals surface area contributed by atoms with Gasteiger partial charge in [0.2, 0.25) is 0 Å². The molecule has 0 bridgehead atoms. The zero-order valence-electron chi connectivity index (χ0n) is 22.4. The van der Waals surface area contributed by atoms with Crippen LogP contribution in [-0.4, -0.2) is 27.3 Å². The molecule has 0 amide bonds. The van der Waals surface area contributed by atoms with Crippen LogP contribution in [0.5, 0.6) is 23.0 Å². The van der Waals surface area contributed by atoms with E-state index in [-0.39, 0.29) is 11.3 Å². The molecule has 0 atom stereocenters. The van der Waals surface area contributed by atoms with E-state index in [1.807, 2.05) is 48.5 Å². The van der Waals surface area contributed by atoms with E-state index in [0.29, 0.717) is 50.7 Å². The van der Waals surface area contributed by atoms with E-state index < -0.39 is 11.6 Å². The highest BCUT2D eigenvalue weighted by Crippen LogP contribution is 2.40. The number of rotatable bonds is 7. The van der Waals surface area contributed by atoms with Gasteiger partial charge in [0.25, 0.3) is 0 Å². The zero-order valence-corrected chi connectivity index (χ0v) is 22.4. The van der Waals surface area contributed by atoms with E-state index in [2.05, 4.69) is 0 Å². The van der Waals surface area contributed by atoms with Gasteiger partial charge in [0.1, 0.15) is 28.6 Å². The van der Waals surface area contributed by atoms with Gasteiger partial charge >= 0.3 is 11.6 Å². The van der Waals surface area contributed by atoms with E-state index in [1.165, 1.54) is 20.3 Å². The maximum atomic E-state index is 13.4. The summed E-state index contributed by atoms with van der Waals surface area (Å²) in [6.45, 7) is 0. The molecule has 8 heteroatoms. The van der Waals surface area contributed by atoms with Crippen LogP contribution in [0.2, 0.25) is 0 Å². The van der Waals surface area contributed by atoms with Gasteiger partial charge in [-0.1, -0.05) is 42.5 Å². The Kier molecular flexibility index (Phi) is 6.65. The Balaban J connectivity index is 1.54. The van der Waals surface area contributed by atoms with Gasteiger partial charge in [0, 0.05) is 34.0 Å². The Morgan fingerprint density at radius 2 is 1.44 bits per heavy atom. The van der Waals surface area contributed by atoms with E-state index in [4.69, 9.17) is 27.8 Å². The highest BCUT2D eigenvalue weighted by molar-refractivity contribution is 6.00. The molecule has 0 saturated carbocycles. The second kappa shape index (κ2) is 10.6. The van der Waals surface area contributed by atoms with Crippen molar-refractivity contribution in [3.63, 3.8) is 0 Å². The summed E-state index contributed by atoms with van der Waals surface area (Å²) < 4.78 is 33.8. The van der Waals surface area contributed by atoms with Crippen molar-refractivity contribution in [2.45, 2.75) is 0 Å². The molecule has 0 unspecified atom stereocenters. The molecular weight excluding hydrogens is 524 g/mol. The minimum absolute atomic E-state index is 0.240. The third-order valence-corrected chi connectivity index (χ3v) is 6.71. The van der Waals surface area contributed by atoms with Crippen LogP contribution < -0.4 is 24.6 Å². The summed E-state index contributed by atoms with van der Waals surface area (Å²) >= 11 is 0. The first-order valence-corrected chi connectivity index (χ1v) is 12.7. The zero-order chi connectivity index (χ0) is 28.5. The minimum Gasteiger partial charge on any atom is -0.497 e. The first-order valence-electron chi connectivity index (χ1n) is 12.7. The van der Waals surface area contributed by atoms with Crippen molar-refractivity contribution in [3.8, 4) is 45.4 Å². The van der Waals surface area contributed by atoms with Crippen LogP contribution >= 0.6 is 0 Å². The van der Waals surface area contributed by atoms with Crippen molar-refractivity contribution in [2.75, 3.05) is 21.3 Å². The SMILES string of the molecule is COc1cc(OC)cc(C(=O)Oc2cc3c(-c4cc5cccc(OC)c5o4)cc(=O)oc3cc2-c2ccccc2)c1. The van der Waals surface area contributed by atoms with Crippen LogP contribution in [-0.2, 0) is 0 Å². The lowest BCUT2D eigenvalue weighted by atomic mass is 10.00. The average Bonchev–Trinajstić information content (AvgIpc) is 3.45. The number of esters is 1. The fraction of sp³-hybridized carbons (Fsp3) is 0.0909. The van der Waals surface area contributed by atoms with E-state index in [1.54, 1.807) is 43.5 Å². The molecule has 2 heterocycles. The van der Waals surface area contributed by atoms with E-state index >= 15 is 0 Å². The molecule has 4 aromatic carbocycles. The molecule has 41 heavy (non-hydrogen) atoms. The lowest BCUT2D eigenvalue weighted by Crippen LogP contribution is -2.10. The lowest BCUT2D eigenvalue weighted by Gasteiger charge is -2.14. The Morgan fingerprint density at radius 1 is 0.683 bits per heavy atom. The second-order valence-electron chi connectivity index (χ2n) is 9.17. The molecule has 6 rings (SSSR count). The molecular formula is C33H24O8. The van der Waals surface area contributed by atoms with Crippen molar-refractivity contribution < 1.29 is 32.6 Å². The molecule has 8 nitrogen and oxygen atoms in total. The predicted octanol–water partition coefficient (Wildman–Crippen LogP) is 7.12. The number of carbonyl (C=O) groups excluding carboxylic acids is 1. The Labute approximate surface area is 234 Å². The summed E-state index contributed by atoms with van der Waals surface area (Å²) in [4.78, 5) is 26.1. The molecule has 2 aromatic heterocycles. The number of benzene rings is 4. The first kappa shape index (κ1) is 25.8. The van der Waals surface area contributed by atoms with Gasteiger partial charge in [-0.3, -0.25) is 0 Å². The summed E-state index contributed by atoms with van der Waals surface area (Å²) in [5.41, 5.74) is 2.36. The van der Waals surface area contributed by atoms with Crippen LogP contribution in [0.25, 0.3) is 44.4 Å². The normalized spacial score (nSPS) is 11.0. The van der Waals surface area contributed by atoms with Crippen LogP contribution in [0, 0.1) is 0 Å². The maximum Gasteiger partial charge on any atom is 0.343 e. The standard InChI is InChI=1S/C33H24O8/c1-36-22-12-21(13-23(15-22)37-2)33(35)41-29-17-25-26(28-14-20-10-7-11-27(38-3)32(20)40-28)18-31(34)39-30(25)16-24(29)19-8-5-4-6-9-19/h4-18H,1-3H3. The number of para-hydroxylation sites is 1. The van der Waals surface area contributed by atoms with E-state index in [0.717, 1.165) is 10.9 Å². The van der Waals surface area contributed by atoms with Gasteiger partial charge in [0.05, 0.1) is 26.9 Å². The molecule has 0 N–H and O–H groups in total. The summed E-state index contributed by atoms with van der Waals surface area (Å²) in [5, 5.41) is 1.33. The molecule has 0 aliphatic rings. The molecule has 0 spiro atoms. The lowest BCUT2D eigenvalue weighted by molar-refractivity contribution is 0.0735. The van der Waals surface area contributed by atoms with Gasteiger partial charge in [-0.05, 0) is 42.0 Å². The second-order valence-corrected chi connectivity index (χ2v) is 9.17. The highest BCUT2D eigenvalue weighted by atomic mass is 16.5. The van der Waals surface area contributed by atoms with Gasteiger partial charge in [-0.2, -0.15) is 0 Å². The molecule has 204 valence electrons. The third kappa shape index (κ3) is 4.87. The van der Waals surface area contributed by atoms with Crippen molar-refractivity contribution >= 4 is 27.9 Å². The summed E-state index contributed by atoms with van der Waals surface area (Å²) in [7, 11) is 4.57. The highest BCUT2D eigenvalue weighted by Gasteiger charge is 2.21. The van der Waals surface area contributed by atoms with Crippen molar-refractivity contribution in [3.05, 3.63) is 107 Å². The minimum atomic E-state index is -0.619. The maximum absolute atomic E-state index is 13.4. The van der Waals surface area contributed by atoms with Crippen molar-refractivity contribution in [1.82, 2.24) is 0 Å². The monoisotopic (exact) mass is 548 g/mol. The van der Waals surface area contributed by atoms with Crippen LogP contribution in [0.3, 0.4) is 0 Å².